The van der Waals surface area contributed by atoms with E-state index >= 15 is 0 Å². The van der Waals surface area contributed by atoms with Crippen LogP contribution in [-0.4, -0.2) is 5.78 Å². The second-order valence-electron chi connectivity index (χ2n) is 13.1. The average Bonchev–Trinajstić information content (AvgIpc) is 2.93. The van der Waals surface area contributed by atoms with E-state index < -0.39 is 0 Å². The Morgan fingerprint density at radius 2 is 1.40 bits per heavy atom. The van der Waals surface area contributed by atoms with Gasteiger partial charge in [-0.15, -0.1) is 0 Å². The first-order valence-electron chi connectivity index (χ1n) is 14.3. The van der Waals surface area contributed by atoms with Crippen LogP contribution in [0.1, 0.15) is 69.6 Å². The first-order valence-corrected chi connectivity index (χ1v) is 14.3. The molecule has 4 nitrogen and oxygen atoms in total. The molecular weight excluding hydrogens is 520 g/mol. The lowest BCUT2D eigenvalue weighted by molar-refractivity contribution is -0.300. The molecule has 0 fully saturated rings. The number of carbonyl (C=O) groups excluding carboxylic acids is 1. The number of benzene rings is 2. The van der Waals surface area contributed by atoms with Gasteiger partial charge in [-0.2, -0.15) is 0 Å². The van der Waals surface area contributed by atoms with Crippen LogP contribution in [0.15, 0.2) is 112 Å². The molecule has 4 heteroatoms. The number of hydrogen-bond acceptors (Lipinski definition) is 3. The van der Waals surface area contributed by atoms with E-state index in [4.69, 9.17) is 9.15 Å². The van der Waals surface area contributed by atoms with Crippen molar-refractivity contribution in [3.05, 3.63) is 135 Å². The van der Waals surface area contributed by atoms with Crippen LogP contribution in [0.4, 0.5) is 0 Å². The summed E-state index contributed by atoms with van der Waals surface area (Å²) in [6.07, 6.45) is 7.19. The fraction of sp³-hybridized carbons (Fsp3) is 0.263. The van der Waals surface area contributed by atoms with Crippen molar-refractivity contribution in [2.45, 2.75) is 60.8 Å². The molecule has 2 aromatic carbocycles. The maximum atomic E-state index is 13.4. The molecule has 0 radical (unpaired) electrons. The van der Waals surface area contributed by atoms with Crippen molar-refractivity contribution in [2.75, 3.05) is 0 Å². The summed E-state index contributed by atoms with van der Waals surface area (Å²) in [7, 11) is 0. The van der Waals surface area contributed by atoms with Crippen molar-refractivity contribution in [3.8, 4) is 11.3 Å². The van der Waals surface area contributed by atoms with Crippen LogP contribution in [0.25, 0.3) is 23.2 Å². The molecule has 0 spiro atoms. The van der Waals surface area contributed by atoms with Crippen molar-refractivity contribution in [2.24, 2.45) is 5.41 Å². The van der Waals surface area contributed by atoms with E-state index in [0.29, 0.717) is 11.5 Å². The Hall–Kier alpha value is -4.44. The molecule has 1 aliphatic heterocycles. The van der Waals surface area contributed by atoms with Crippen LogP contribution in [0.3, 0.4) is 0 Å². The van der Waals surface area contributed by atoms with Gasteiger partial charge in [-0.1, -0.05) is 69.0 Å². The summed E-state index contributed by atoms with van der Waals surface area (Å²) in [5.41, 5.74) is 5.48. The molecule has 0 N–H and O–H groups in total. The number of carbonyl (C=O) groups is 1. The minimum atomic E-state index is -0.261. The third-order valence-electron chi connectivity index (χ3n) is 7.53. The number of ether oxygens (including phenoxy) is 1. The van der Waals surface area contributed by atoms with Gasteiger partial charge in [-0.05, 0) is 87.3 Å². The Morgan fingerprint density at radius 3 is 1.98 bits per heavy atom. The molecule has 2 aliphatic rings. The molecule has 1 aliphatic carbocycles. The largest absolute Gasteiger partial charge is 0.871 e. The fourth-order valence-electron chi connectivity index (χ4n) is 4.94. The molecule has 0 saturated heterocycles. The Kier molecular flexibility index (Phi) is 7.44. The predicted molar refractivity (Wildman–Crippen MR) is 168 cm³/mol. The zero-order chi connectivity index (χ0) is 30.4. The molecule has 214 valence electrons. The Labute approximate surface area is 249 Å². The Bertz CT molecular complexity index is 1740. The summed E-state index contributed by atoms with van der Waals surface area (Å²) in [6, 6.07) is 19.8. The molecular formula is C38H38O4. The van der Waals surface area contributed by atoms with E-state index in [1.807, 2.05) is 86.7 Å². The monoisotopic (exact) mass is 558 g/mol. The second kappa shape index (κ2) is 10.8. The van der Waals surface area contributed by atoms with Gasteiger partial charge in [0.05, 0.1) is 17.0 Å². The van der Waals surface area contributed by atoms with Gasteiger partial charge in [-0.3, -0.25) is 4.79 Å². The summed E-state index contributed by atoms with van der Waals surface area (Å²) in [4.78, 5) is 13.4. The van der Waals surface area contributed by atoms with Crippen molar-refractivity contribution in [1.82, 2.24) is 0 Å². The molecule has 0 bridgehead atoms. The second-order valence-corrected chi connectivity index (χ2v) is 13.1. The van der Waals surface area contributed by atoms with Crippen LogP contribution in [0.5, 0.6) is 0 Å². The van der Waals surface area contributed by atoms with Gasteiger partial charge >= 0.3 is 11.5 Å². The third-order valence-corrected chi connectivity index (χ3v) is 7.53. The number of hydrogen-bond donors (Lipinski definition) is 0. The maximum Gasteiger partial charge on any atom is 0.361 e. The molecule has 42 heavy (non-hydrogen) atoms. The van der Waals surface area contributed by atoms with Gasteiger partial charge in [-0.25, -0.2) is 4.42 Å². The van der Waals surface area contributed by atoms with Gasteiger partial charge in [0.2, 0.25) is 0 Å². The van der Waals surface area contributed by atoms with E-state index in [-0.39, 0.29) is 33.5 Å². The van der Waals surface area contributed by atoms with Gasteiger partial charge in [0.25, 0.3) is 0 Å². The van der Waals surface area contributed by atoms with Crippen molar-refractivity contribution < 1.29 is 19.1 Å². The molecule has 3 aromatic rings. The molecule has 2 heterocycles. The van der Waals surface area contributed by atoms with E-state index in [0.717, 1.165) is 44.9 Å². The van der Waals surface area contributed by atoms with Gasteiger partial charge in [0, 0.05) is 28.2 Å². The Morgan fingerprint density at radius 1 is 0.786 bits per heavy atom. The lowest BCUT2D eigenvalue weighted by Gasteiger charge is -2.30. The smallest absolute Gasteiger partial charge is 0.361 e. The highest BCUT2D eigenvalue weighted by molar-refractivity contribution is 6.23. The zero-order valence-electron chi connectivity index (χ0n) is 25.7. The number of allylic oxidation sites excluding steroid dienone is 7. The normalized spacial score (nSPS) is 17.7. The third kappa shape index (κ3) is 5.80. The first-order chi connectivity index (χ1) is 19.7. The number of ketones is 1. The van der Waals surface area contributed by atoms with Crippen molar-refractivity contribution >= 4 is 17.6 Å². The first kappa shape index (κ1) is 29.1. The van der Waals surface area contributed by atoms with Crippen LogP contribution in [0.2, 0.25) is 0 Å². The molecule has 0 amide bonds. The van der Waals surface area contributed by atoms with E-state index in [9.17, 15) is 9.90 Å². The number of aryl methyl sites for hydroxylation is 2. The molecule has 0 unspecified atom stereocenters. The Balaban J connectivity index is 1.56. The molecule has 0 atom stereocenters. The highest BCUT2D eigenvalue weighted by atomic mass is 16.5. The topological polar surface area (TPSA) is 60.7 Å². The summed E-state index contributed by atoms with van der Waals surface area (Å²) >= 11 is 0. The maximum absolute atomic E-state index is 13.4. The molecule has 1 aromatic heterocycles. The van der Waals surface area contributed by atoms with Gasteiger partial charge < -0.3 is 9.84 Å². The van der Waals surface area contributed by atoms with Crippen LogP contribution >= 0.6 is 0 Å². The SMILES string of the molecule is Cc1ccccc1C1=CC(=CC2=C([O-])C(=Cc3cc(-c4ccccc4C)[o+]c(C(C)(C)C)c3)C2=O)C=C(C(C)(C)C)O1. The summed E-state index contributed by atoms with van der Waals surface area (Å²) < 4.78 is 12.6. The predicted octanol–water partition coefficient (Wildman–Crippen LogP) is 8.65. The minimum absolute atomic E-state index is 0.179. The summed E-state index contributed by atoms with van der Waals surface area (Å²) in [5.74, 6) is 2.44. The van der Waals surface area contributed by atoms with Crippen molar-refractivity contribution in [3.63, 3.8) is 0 Å². The van der Waals surface area contributed by atoms with E-state index in [1.165, 1.54) is 0 Å². The highest BCUT2D eigenvalue weighted by Crippen LogP contribution is 2.39. The quantitative estimate of drug-likeness (QED) is 0.237. The van der Waals surface area contributed by atoms with Gasteiger partial charge in [0.15, 0.2) is 5.78 Å². The van der Waals surface area contributed by atoms with Gasteiger partial charge in [0.1, 0.15) is 11.5 Å². The van der Waals surface area contributed by atoms with Crippen molar-refractivity contribution in [1.29, 1.82) is 0 Å². The standard InChI is InChI=1S/C38H38O4/c1-23-13-9-11-15-27(23)31-19-25(21-33(41-31)37(3,4)5)17-29-35(39)30(36(29)40)18-26-20-32(28-16-12-10-14-24(28)2)42-34(22-26)38(6,7)8/h9-22H,1-8H3. The van der Waals surface area contributed by atoms with Crippen LogP contribution in [-0.2, 0) is 14.9 Å². The number of Topliss-reactive ketones (excluding diaryl/α,β-unsaturated/α-hetero) is 1. The molecule has 0 saturated carbocycles. The summed E-state index contributed by atoms with van der Waals surface area (Å²) in [6.45, 7) is 16.5. The fourth-order valence-corrected chi connectivity index (χ4v) is 4.94. The van der Waals surface area contributed by atoms with Crippen LogP contribution in [0, 0.1) is 19.3 Å². The lowest BCUT2D eigenvalue weighted by Crippen LogP contribution is -2.29. The van der Waals surface area contributed by atoms with E-state index in [2.05, 4.69) is 41.5 Å². The molecule has 5 rings (SSSR count). The number of rotatable bonds is 4. The highest BCUT2D eigenvalue weighted by Gasteiger charge is 2.32. The minimum Gasteiger partial charge on any atom is -0.871 e. The van der Waals surface area contributed by atoms with E-state index in [1.54, 1.807) is 12.2 Å². The van der Waals surface area contributed by atoms with Crippen LogP contribution < -0.4 is 5.11 Å². The summed E-state index contributed by atoms with van der Waals surface area (Å²) in [5, 5.41) is 13.4. The average molecular weight is 559 g/mol. The lowest BCUT2D eigenvalue weighted by atomic mass is 9.84. The zero-order valence-corrected chi connectivity index (χ0v) is 25.7.